The van der Waals surface area contributed by atoms with Crippen molar-refractivity contribution < 1.29 is 4.74 Å². The second-order valence-corrected chi connectivity index (χ2v) is 5.47. The average molecular weight is 242 g/mol. The van der Waals surface area contributed by atoms with E-state index < -0.39 is 0 Å². The summed E-state index contributed by atoms with van der Waals surface area (Å²) in [7, 11) is 0. The highest BCUT2D eigenvalue weighted by atomic mass is 16.5. The van der Waals surface area contributed by atoms with E-state index in [1.165, 1.54) is 32.5 Å². The van der Waals surface area contributed by atoms with Gasteiger partial charge in [-0.3, -0.25) is 0 Å². The van der Waals surface area contributed by atoms with Gasteiger partial charge in [0.15, 0.2) is 0 Å². The van der Waals surface area contributed by atoms with Gasteiger partial charge in [0.05, 0.1) is 0 Å². The van der Waals surface area contributed by atoms with Crippen molar-refractivity contribution in [3.8, 4) is 0 Å². The molecule has 0 aromatic carbocycles. The van der Waals surface area contributed by atoms with Crippen LogP contribution in [-0.4, -0.2) is 50.3 Å². The van der Waals surface area contributed by atoms with E-state index in [0.29, 0.717) is 0 Å². The summed E-state index contributed by atoms with van der Waals surface area (Å²) in [5.41, 5.74) is 0. The maximum Gasteiger partial charge on any atom is 0.0477 e. The molecule has 1 saturated heterocycles. The SMILES string of the molecule is CCOCCCNC1CCN(CC(C)C)CC1. The number of piperidine rings is 1. The molecule has 0 amide bonds. The fourth-order valence-corrected chi connectivity index (χ4v) is 2.46. The molecule has 3 nitrogen and oxygen atoms in total. The van der Waals surface area contributed by atoms with Crippen LogP contribution in [0.5, 0.6) is 0 Å². The predicted molar refractivity (Wildman–Crippen MR) is 73.4 cm³/mol. The van der Waals surface area contributed by atoms with Gasteiger partial charge in [-0.2, -0.15) is 0 Å². The van der Waals surface area contributed by atoms with Crippen molar-refractivity contribution >= 4 is 0 Å². The summed E-state index contributed by atoms with van der Waals surface area (Å²) >= 11 is 0. The minimum absolute atomic E-state index is 0.736. The highest BCUT2D eigenvalue weighted by molar-refractivity contribution is 4.77. The average Bonchev–Trinajstić information content (AvgIpc) is 2.30. The van der Waals surface area contributed by atoms with Gasteiger partial charge in [-0.1, -0.05) is 13.8 Å². The molecule has 1 N–H and O–H groups in total. The quantitative estimate of drug-likeness (QED) is 0.660. The molecule has 0 saturated carbocycles. The second-order valence-electron chi connectivity index (χ2n) is 5.47. The van der Waals surface area contributed by atoms with Crippen LogP contribution in [0.1, 0.15) is 40.0 Å². The van der Waals surface area contributed by atoms with Crippen molar-refractivity contribution in [2.24, 2.45) is 5.92 Å². The van der Waals surface area contributed by atoms with Gasteiger partial charge in [-0.05, 0) is 51.7 Å². The maximum atomic E-state index is 5.34. The molecule has 0 spiro atoms. The summed E-state index contributed by atoms with van der Waals surface area (Å²) in [6.45, 7) is 13.3. The third-order valence-corrected chi connectivity index (χ3v) is 3.31. The molecular formula is C14H30N2O. The molecule has 0 aromatic rings. The highest BCUT2D eigenvalue weighted by Gasteiger charge is 2.18. The van der Waals surface area contributed by atoms with Gasteiger partial charge >= 0.3 is 0 Å². The van der Waals surface area contributed by atoms with Gasteiger partial charge in [0.2, 0.25) is 0 Å². The highest BCUT2D eigenvalue weighted by Crippen LogP contribution is 2.11. The normalized spacial score (nSPS) is 19.1. The van der Waals surface area contributed by atoms with Crippen molar-refractivity contribution in [3.63, 3.8) is 0 Å². The van der Waals surface area contributed by atoms with E-state index in [2.05, 4.69) is 31.0 Å². The molecule has 0 aliphatic carbocycles. The first-order chi connectivity index (χ1) is 8.22. The smallest absolute Gasteiger partial charge is 0.0477 e. The molecule has 0 radical (unpaired) electrons. The van der Waals surface area contributed by atoms with E-state index in [1.807, 2.05) is 0 Å². The lowest BCUT2D eigenvalue weighted by Crippen LogP contribution is -2.43. The molecule has 1 aliphatic heterocycles. The number of nitrogens with zero attached hydrogens (tertiary/aromatic N) is 1. The summed E-state index contributed by atoms with van der Waals surface area (Å²) in [5, 5.41) is 3.65. The van der Waals surface area contributed by atoms with Gasteiger partial charge in [0.25, 0.3) is 0 Å². The lowest BCUT2D eigenvalue weighted by atomic mass is 10.0. The third-order valence-electron chi connectivity index (χ3n) is 3.31. The summed E-state index contributed by atoms with van der Waals surface area (Å²) < 4.78 is 5.34. The number of ether oxygens (including phenoxy) is 1. The minimum atomic E-state index is 0.736. The third kappa shape index (κ3) is 7.02. The van der Waals surface area contributed by atoms with Crippen LogP contribution in [0, 0.1) is 5.92 Å². The zero-order valence-electron chi connectivity index (χ0n) is 11.9. The molecule has 17 heavy (non-hydrogen) atoms. The molecule has 102 valence electrons. The first kappa shape index (κ1) is 14.9. The fraction of sp³-hybridized carbons (Fsp3) is 1.00. The fourth-order valence-electron chi connectivity index (χ4n) is 2.46. The molecular weight excluding hydrogens is 212 g/mol. The zero-order valence-corrected chi connectivity index (χ0v) is 11.9. The number of likely N-dealkylation sites (tertiary alicyclic amines) is 1. The first-order valence-corrected chi connectivity index (χ1v) is 7.25. The van der Waals surface area contributed by atoms with Crippen molar-refractivity contribution in [2.75, 3.05) is 39.4 Å². The predicted octanol–water partition coefficient (Wildman–Crippen LogP) is 2.12. The van der Waals surface area contributed by atoms with Gasteiger partial charge in [-0.15, -0.1) is 0 Å². The second kappa shape index (κ2) is 8.90. The van der Waals surface area contributed by atoms with Crippen LogP contribution in [-0.2, 0) is 4.74 Å². The Labute approximate surface area is 107 Å². The van der Waals surface area contributed by atoms with Crippen molar-refractivity contribution in [3.05, 3.63) is 0 Å². The summed E-state index contributed by atoms with van der Waals surface area (Å²) in [6, 6.07) is 0.736. The summed E-state index contributed by atoms with van der Waals surface area (Å²) in [5.74, 6) is 0.797. The van der Waals surface area contributed by atoms with Crippen LogP contribution in [0.2, 0.25) is 0 Å². The van der Waals surface area contributed by atoms with Crippen LogP contribution >= 0.6 is 0 Å². The molecule has 0 bridgehead atoms. The first-order valence-electron chi connectivity index (χ1n) is 7.25. The molecule has 1 rings (SSSR count). The summed E-state index contributed by atoms with van der Waals surface area (Å²) in [6.07, 6.45) is 3.75. The zero-order chi connectivity index (χ0) is 12.5. The van der Waals surface area contributed by atoms with E-state index in [-0.39, 0.29) is 0 Å². The number of hydrogen-bond donors (Lipinski definition) is 1. The number of rotatable bonds is 8. The van der Waals surface area contributed by atoms with E-state index in [9.17, 15) is 0 Å². The lowest BCUT2D eigenvalue weighted by Gasteiger charge is -2.33. The largest absolute Gasteiger partial charge is 0.382 e. The van der Waals surface area contributed by atoms with Gasteiger partial charge in [0, 0.05) is 25.8 Å². The Morgan fingerprint density at radius 1 is 1.29 bits per heavy atom. The minimum Gasteiger partial charge on any atom is -0.382 e. The lowest BCUT2D eigenvalue weighted by molar-refractivity contribution is 0.140. The van der Waals surface area contributed by atoms with Crippen molar-refractivity contribution in [1.82, 2.24) is 10.2 Å². The Morgan fingerprint density at radius 3 is 2.59 bits per heavy atom. The van der Waals surface area contributed by atoms with E-state index in [1.54, 1.807) is 0 Å². The van der Waals surface area contributed by atoms with Gasteiger partial charge < -0.3 is 15.0 Å². The molecule has 1 aliphatic rings. The van der Waals surface area contributed by atoms with E-state index in [0.717, 1.165) is 38.1 Å². The summed E-state index contributed by atoms with van der Waals surface area (Å²) in [4.78, 5) is 2.60. The standard InChI is InChI=1S/C14H30N2O/c1-4-17-11-5-8-15-14-6-9-16(10-7-14)12-13(2)3/h13-15H,4-12H2,1-3H3. The molecule has 0 aromatic heterocycles. The maximum absolute atomic E-state index is 5.34. The Bertz CT molecular complexity index is 177. The van der Waals surface area contributed by atoms with Crippen LogP contribution in [0.25, 0.3) is 0 Å². The van der Waals surface area contributed by atoms with Gasteiger partial charge in [0.1, 0.15) is 0 Å². The van der Waals surface area contributed by atoms with Gasteiger partial charge in [-0.25, -0.2) is 0 Å². The Kier molecular flexibility index (Phi) is 7.82. The Balaban J connectivity index is 1.99. The molecule has 1 fully saturated rings. The topological polar surface area (TPSA) is 24.5 Å². The van der Waals surface area contributed by atoms with Crippen molar-refractivity contribution in [1.29, 1.82) is 0 Å². The number of nitrogens with one attached hydrogen (secondary N) is 1. The Morgan fingerprint density at radius 2 is 2.00 bits per heavy atom. The van der Waals surface area contributed by atoms with E-state index >= 15 is 0 Å². The van der Waals surface area contributed by atoms with Crippen LogP contribution in [0.4, 0.5) is 0 Å². The van der Waals surface area contributed by atoms with Crippen LogP contribution in [0.15, 0.2) is 0 Å². The van der Waals surface area contributed by atoms with Crippen LogP contribution in [0.3, 0.4) is 0 Å². The monoisotopic (exact) mass is 242 g/mol. The van der Waals surface area contributed by atoms with Crippen LogP contribution < -0.4 is 5.32 Å². The molecule has 1 heterocycles. The Hall–Kier alpha value is -0.120. The molecule has 3 heteroatoms. The molecule has 0 unspecified atom stereocenters. The number of hydrogen-bond acceptors (Lipinski definition) is 3. The molecule has 0 atom stereocenters. The van der Waals surface area contributed by atoms with E-state index in [4.69, 9.17) is 4.74 Å². The van der Waals surface area contributed by atoms with Crippen molar-refractivity contribution in [2.45, 2.75) is 46.1 Å².